The molecule has 0 aromatic carbocycles. The second-order valence-electron chi connectivity index (χ2n) is 4.04. The van der Waals surface area contributed by atoms with Crippen molar-refractivity contribution in [3.8, 4) is 0 Å². The summed E-state index contributed by atoms with van der Waals surface area (Å²) in [6, 6.07) is 0. The first kappa shape index (κ1) is 14.8. The molecule has 8 heteroatoms. The molecular weight excluding hydrogens is 244 g/mol. The smallest absolute Gasteiger partial charge is 0.272 e. The zero-order chi connectivity index (χ0) is 12.7. The summed E-state index contributed by atoms with van der Waals surface area (Å²) < 4.78 is 58.6. The van der Waals surface area contributed by atoms with Crippen LogP contribution in [0.15, 0.2) is 0 Å². The van der Waals surface area contributed by atoms with Crippen LogP contribution < -0.4 is 0 Å². The highest BCUT2D eigenvalue weighted by molar-refractivity contribution is 7.91. The van der Waals surface area contributed by atoms with Gasteiger partial charge in [0, 0.05) is 0 Å². The lowest BCUT2D eigenvalue weighted by atomic mass is 9.93. The van der Waals surface area contributed by atoms with Gasteiger partial charge in [-0.05, 0) is 27.2 Å². The third kappa shape index (κ3) is 2.17. The number of hydrogen-bond acceptors (Lipinski definition) is 4. The molecule has 0 aromatic heterocycles. The first-order valence-corrected chi connectivity index (χ1v) is 7.13. The van der Waals surface area contributed by atoms with E-state index in [0.29, 0.717) is 0 Å². The Kier molecular flexibility index (Phi) is 3.64. The molecule has 1 unspecified atom stereocenters. The van der Waals surface area contributed by atoms with Crippen LogP contribution in [0.5, 0.6) is 0 Å². The lowest BCUT2D eigenvalue weighted by Crippen LogP contribution is -2.57. The Labute approximate surface area is 90.2 Å². The fraction of sp³-hybridized carbons (Fsp3) is 1.00. The average molecular weight is 260 g/mol. The third-order valence-electron chi connectivity index (χ3n) is 3.16. The summed E-state index contributed by atoms with van der Waals surface area (Å²) >= 11 is 0. The Balaban J connectivity index is 5.96. The molecule has 0 bridgehead atoms. The van der Waals surface area contributed by atoms with Crippen molar-refractivity contribution in [2.75, 3.05) is 0 Å². The third-order valence-corrected chi connectivity index (χ3v) is 6.97. The van der Waals surface area contributed by atoms with E-state index in [1.54, 1.807) is 0 Å². The maximum Gasteiger partial charge on any atom is 0.272 e. The van der Waals surface area contributed by atoms with Crippen LogP contribution in [0, 0.1) is 0 Å². The summed E-state index contributed by atoms with van der Waals surface area (Å²) in [5.74, 6) is 0. The summed E-state index contributed by atoms with van der Waals surface area (Å²) in [4.78, 5) is 0. The van der Waals surface area contributed by atoms with E-state index < -0.39 is 29.7 Å². The molecule has 2 N–H and O–H groups in total. The number of hydrogen-bond donors (Lipinski definition) is 2. The van der Waals surface area contributed by atoms with Gasteiger partial charge < -0.3 is 0 Å². The van der Waals surface area contributed by atoms with Gasteiger partial charge in [-0.2, -0.15) is 16.8 Å². The van der Waals surface area contributed by atoms with E-state index >= 15 is 0 Å². The van der Waals surface area contributed by atoms with Gasteiger partial charge in [-0.15, -0.1) is 0 Å². The fourth-order valence-corrected chi connectivity index (χ4v) is 3.50. The van der Waals surface area contributed by atoms with Crippen molar-refractivity contribution in [2.45, 2.75) is 43.6 Å². The van der Waals surface area contributed by atoms with Crippen LogP contribution in [-0.2, 0) is 20.2 Å². The van der Waals surface area contributed by atoms with Gasteiger partial charge in [-0.1, -0.05) is 6.92 Å². The molecule has 0 heterocycles. The van der Waals surface area contributed by atoms with Gasteiger partial charge in [-0.3, -0.25) is 9.11 Å². The van der Waals surface area contributed by atoms with E-state index in [0.717, 1.165) is 20.8 Å². The highest BCUT2D eigenvalue weighted by Gasteiger charge is 2.56. The molecule has 0 aliphatic rings. The average Bonchev–Trinajstić information content (AvgIpc) is 1.98. The van der Waals surface area contributed by atoms with Gasteiger partial charge in [0.1, 0.15) is 9.49 Å². The van der Waals surface area contributed by atoms with Gasteiger partial charge in [0.25, 0.3) is 20.2 Å². The van der Waals surface area contributed by atoms with Crippen molar-refractivity contribution in [1.29, 1.82) is 0 Å². The van der Waals surface area contributed by atoms with Crippen LogP contribution in [0.25, 0.3) is 0 Å². The SMILES string of the molecule is CCC(C)(C(C)(C)S(=O)(=O)O)S(=O)(=O)O. The highest BCUT2D eigenvalue weighted by atomic mass is 32.2. The van der Waals surface area contributed by atoms with Gasteiger partial charge in [0.2, 0.25) is 0 Å². The predicted octanol–water partition coefficient (Wildman–Crippen LogP) is 0.709. The molecular formula is C7H16O6S2. The molecule has 0 fully saturated rings. The normalized spacial score (nSPS) is 18.5. The fourth-order valence-electron chi connectivity index (χ4n) is 1.19. The summed E-state index contributed by atoms with van der Waals surface area (Å²) in [5, 5.41) is 0. The van der Waals surface area contributed by atoms with E-state index in [4.69, 9.17) is 9.11 Å². The minimum atomic E-state index is -4.59. The van der Waals surface area contributed by atoms with Crippen molar-refractivity contribution < 1.29 is 25.9 Å². The molecule has 0 aromatic rings. The Hall–Kier alpha value is -0.180. The maximum atomic E-state index is 11.2. The number of rotatable bonds is 4. The van der Waals surface area contributed by atoms with E-state index in [1.807, 2.05) is 0 Å². The molecule has 0 amide bonds. The Morgan fingerprint density at radius 2 is 1.27 bits per heavy atom. The van der Waals surface area contributed by atoms with E-state index in [1.165, 1.54) is 6.92 Å². The van der Waals surface area contributed by atoms with Crippen molar-refractivity contribution in [2.24, 2.45) is 0 Å². The summed E-state index contributed by atoms with van der Waals surface area (Å²) in [5.41, 5.74) is 0. The molecule has 0 rings (SSSR count). The van der Waals surface area contributed by atoms with Crippen molar-refractivity contribution in [3.63, 3.8) is 0 Å². The van der Waals surface area contributed by atoms with Gasteiger partial charge in [0.15, 0.2) is 0 Å². The summed E-state index contributed by atoms with van der Waals surface area (Å²) in [6.07, 6.45) is -0.140. The van der Waals surface area contributed by atoms with Crippen molar-refractivity contribution >= 4 is 20.2 Å². The van der Waals surface area contributed by atoms with E-state index in [-0.39, 0.29) is 6.42 Å². The standard InChI is InChI=1S/C7H16O6S2/c1-5-7(4,15(11,12)13)6(2,3)14(8,9)10/h5H2,1-4H3,(H,8,9,10)(H,11,12,13). The molecule has 0 aliphatic carbocycles. The van der Waals surface area contributed by atoms with Gasteiger partial charge in [-0.25, -0.2) is 0 Å². The molecule has 0 saturated carbocycles. The lowest BCUT2D eigenvalue weighted by Gasteiger charge is -2.37. The van der Waals surface area contributed by atoms with E-state index in [9.17, 15) is 16.8 Å². The Bertz CT molecular complexity index is 432. The van der Waals surface area contributed by atoms with Crippen LogP contribution in [-0.4, -0.2) is 35.4 Å². The molecule has 0 radical (unpaired) electrons. The van der Waals surface area contributed by atoms with Crippen LogP contribution in [0.2, 0.25) is 0 Å². The first-order valence-electron chi connectivity index (χ1n) is 4.25. The minimum absolute atomic E-state index is 0.140. The molecule has 0 aliphatic heterocycles. The zero-order valence-corrected chi connectivity index (χ0v) is 10.7. The summed E-state index contributed by atoms with van der Waals surface area (Å²) in [6.45, 7) is 4.61. The zero-order valence-electron chi connectivity index (χ0n) is 9.05. The van der Waals surface area contributed by atoms with Gasteiger partial charge >= 0.3 is 0 Å². The monoisotopic (exact) mass is 260 g/mol. The predicted molar refractivity (Wildman–Crippen MR) is 55.9 cm³/mol. The van der Waals surface area contributed by atoms with Crippen molar-refractivity contribution in [1.82, 2.24) is 0 Å². The lowest BCUT2D eigenvalue weighted by molar-refractivity contribution is 0.350. The van der Waals surface area contributed by atoms with Gasteiger partial charge in [0.05, 0.1) is 0 Å². The van der Waals surface area contributed by atoms with Crippen LogP contribution >= 0.6 is 0 Å². The summed E-state index contributed by atoms with van der Waals surface area (Å²) in [7, 11) is -9.19. The second kappa shape index (κ2) is 3.69. The molecule has 0 saturated heterocycles. The van der Waals surface area contributed by atoms with E-state index in [2.05, 4.69) is 0 Å². The topological polar surface area (TPSA) is 109 Å². The van der Waals surface area contributed by atoms with Crippen LogP contribution in [0.3, 0.4) is 0 Å². The minimum Gasteiger partial charge on any atom is -0.285 e. The molecule has 0 spiro atoms. The van der Waals surface area contributed by atoms with Crippen LogP contribution in [0.1, 0.15) is 34.1 Å². The Morgan fingerprint density at radius 1 is 0.933 bits per heavy atom. The highest BCUT2D eigenvalue weighted by Crippen LogP contribution is 2.38. The maximum absolute atomic E-state index is 11.2. The largest absolute Gasteiger partial charge is 0.285 e. The molecule has 92 valence electrons. The quantitative estimate of drug-likeness (QED) is 0.720. The first-order chi connectivity index (χ1) is 6.31. The Morgan fingerprint density at radius 3 is 1.33 bits per heavy atom. The van der Waals surface area contributed by atoms with Crippen LogP contribution in [0.4, 0.5) is 0 Å². The molecule has 15 heavy (non-hydrogen) atoms. The second-order valence-corrected chi connectivity index (χ2v) is 7.87. The van der Waals surface area contributed by atoms with Crippen molar-refractivity contribution in [3.05, 3.63) is 0 Å². The molecule has 1 atom stereocenters. The molecule has 6 nitrogen and oxygen atoms in total.